The number of unbranched alkanes of at least 4 members (excludes halogenated alkanes) is 1. The zero-order valence-corrected chi connectivity index (χ0v) is 14.5. The summed E-state index contributed by atoms with van der Waals surface area (Å²) in [5, 5.41) is 7.13. The van der Waals surface area contributed by atoms with Gasteiger partial charge in [0, 0.05) is 19.1 Å². The van der Waals surface area contributed by atoms with E-state index < -0.39 is 0 Å². The van der Waals surface area contributed by atoms with Gasteiger partial charge in [0.1, 0.15) is 0 Å². The second-order valence-corrected chi connectivity index (χ2v) is 7.22. The van der Waals surface area contributed by atoms with Crippen molar-refractivity contribution in [1.82, 2.24) is 19.7 Å². The summed E-state index contributed by atoms with van der Waals surface area (Å²) in [5.41, 5.74) is -0.190. The molecular formula is C15H26N4O2S. The van der Waals surface area contributed by atoms with Gasteiger partial charge in [-0.25, -0.2) is 9.89 Å². The first-order valence-electron chi connectivity index (χ1n) is 8.10. The second kappa shape index (κ2) is 7.85. The number of amides is 1. The molecule has 1 N–H and O–H groups in total. The van der Waals surface area contributed by atoms with E-state index in [0.717, 1.165) is 32.2 Å². The number of rotatable bonds is 9. The fraction of sp³-hybridized carbons (Fsp3) is 0.800. The summed E-state index contributed by atoms with van der Waals surface area (Å²) in [6.45, 7) is 7.81. The largest absolute Gasteiger partial charge is 0.343 e. The standard InChI is InChI=1S/C15H26N4O2S/c1-4-5-8-18-14(21)16-17-15(18)22-10-13(20)19(9-11(2)3)12-6-7-12/h11-12H,4-10H2,1-3H3,(H,16,21). The molecule has 7 heteroatoms. The minimum absolute atomic E-state index is 0.152. The van der Waals surface area contributed by atoms with Gasteiger partial charge in [0.2, 0.25) is 5.91 Å². The van der Waals surface area contributed by atoms with Gasteiger partial charge in [-0.05, 0) is 25.2 Å². The van der Waals surface area contributed by atoms with Gasteiger partial charge in [0.25, 0.3) is 0 Å². The summed E-state index contributed by atoms with van der Waals surface area (Å²) in [5.74, 6) is 0.973. The molecule has 1 aliphatic rings. The number of carbonyl (C=O) groups excluding carboxylic acids is 1. The molecule has 1 saturated carbocycles. The Bertz CT molecular complexity index is 548. The molecular weight excluding hydrogens is 300 g/mol. The molecule has 0 aliphatic heterocycles. The number of H-pyrrole nitrogens is 1. The third-order valence-corrected chi connectivity index (χ3v) is 4.61. The van der Waals surface area contributed by atoms with Crippen LogP contribution in [0.1, 0.15) is 46.5 Å². The molecule has 6 nitrogen and oxygen atoms in total. The Labute approximate surface area is 135 Å². The first-order chi connectivity index (χ1) is 10.5. The highest BCUT2D eigenvalue weighted by Gasteiger charge is 2.32. The lowest BCUT2D eigenvalue weighted by Crippen LogP contribution is -2.37. The van der Waals surface area contributed by atoms with E-state index >= 15 is 0 Å². The number of aromatic nitrogens is 3. The average Bonchev–Trinajstić information content (AvgIpc) is 3.25. The maximum Gasteiger partial charge on any atom is 0.343 e. The molecule has 22 heavy (non-hydrogen) atoms. The molecule has 0 bridgehead atoms. The quantitative estimate of drug-likeness (QED) is 0.706. The van der Waals surface area contributed by atoms with E-state index in [1.54, 1.807) is 4.57 Å². The van der Waals surface area contributed by atoms with Crippen LogP contribution in [-0.2, 0) is 11.3 Å². The molecule has 0 unspecified atom stereocenters. The van der Waals surface area contributed by atoms with Gasteiger partial charge in [-0.15, -0.1) is 5.10 Å². The van der Waals surface area contributed by atoms with Crippen molar-refractivity contribution in [2.24, 2.45) is 5.92 Å². The summed E-state index contributed by atoms with van der Waals surface area (Å²) in [6.07, 6.45) is 4.19. The molecule has 1 aromatic heterocycles. The Morgan fingerprint density at radius 3 is 2.82 bits per heavy atom. The van der Waals surface area contributed by atoms with E-state index in [9.17, 15) is 9.59 Å². The first kappa shape index (κ1) is 17.1. The lowest BCUT2D eigenvalue weighted by atomic mass is 10.2. The third kappa shape index (κ3) is 4.63. The van der Waals surface area contributed by atoms with E-state index in [1.165, 1.54) is 11.8 Å². The molecule has 124 valence electrons. The van der Waals surface area contributed by atoms with Crippen LogP contribution in [-0.4, -0.2) is 43.9 Å². The van der Waals surface area contributed by atoms with Crippen molar-refractivity contribution in [3.8, 4) is 0 Å². The van der Waals surface area contributed by atoms with E-state index in [2.05, 4.69) is 31.0 Å². The number of hydrogen-bond donors (Lipinski definition) is 1. The van der Waals surface area contributed by atoms with E-state index in [1.807, 2.05) is 4.90 Å². The monoisotopic (exact) mass is 326 g/mol. The van der Waals surface area contributed by atoms with Gasteiger partial charge < -0.3 is 4.90 Å². The topological polar surface area (TPSA) is 71.0 Å². The summed E-state index contributed by atoms with van der Waals surface area (Å²) in [6, 6.07) is 0.428. The van der Waals surface area contributed by atoms with Crippen molar-refractivity contribution in [2.75, 3.05) is 12.3 Å². The minimum Gasteiger partial charge on any atom is -0.339 e. The van der Waals surface area contributed by atoms with Crippen molar-refractivity contribution >= 4 is 17.7 Å². The molecule has 0 atom stereocenters. The Morgan fingerprint density at radius 2 is 2.23 bits per heavy atom. The normalized spacial score (nSPS) is 14.5. The molecule has 0 saturated heterocycles. The van der Waals surface area contributed by atoms with E-state index in [0.29, 0.717) is 29.4 Å². The Hall–Kier alpha value is -1.24. The number of carbonyl (C=O) groups is 1. The van der Waals surface area contributed by atoms with Crippen LogP contribution in [0.4, 0.5) is 0 Å². The van der Waals surface area contributed by atoms with Crippen LogP contribution in [0.15, 0.2) is 9.95 Å². The van der Waals surface area contributed by atoms with Gasteiger partial charge in [-0.2, -0.15) is 0 Å². The van der Waals surface area contributed by atoms with Crippen molar-refractivity contribution in [1.29, 1.82) is 0 Å². The molecule has 1 amide bonds. The van der Waals surface area contributed by atoms with Gasteiger partial charge in [-0.3, -0.25) is 9.36 Å². The summed E-state index contributed by atoms with van der Waals surface area (Å²) < 4.78 is 1.63. The van der Waals surface area contributed by atoms with Crippen LogP contribution in [0.25, 0.3) is 0 Å². The zero-order chi connectivity index (χ0) is 16.1. The minimum atomic E-state index is -0.190. The molecule has 1 heterocycles. The summed E-state index contributed by atoms with van der Waals surface area (Å²) in [4.78, 5) is 26.2. The predicted molar refractivity (Wildman–Crippen MR) is 88.1 cm³/mol. The van der Waals surface area contributed by atoms with Crippen LogP contribution < -0.4 is 5.69 Å². The third-order valence-electron chi connectivity index (χ3n) is 3.65. The number of aromatic amines is 1. The van der Waals surface area contributed by atoms with Gasteiger partial charge in [0.05, 0.1) is 5.75 Å². The highest BCUT2D eigenvalue weighted by atomic mass is 32.2. The Balaban J connectivity index is 1.94. The highest BCUT2D eigenvalue weighted by Crippen LogP contribution is 2.28. The first-order valence-corrected chi connectivity index (χ1v) is 9.09. The number of hydrogen-bond acceptors (Lipinski definition) is 4. The lowest BCUT2D eigenvalue weighted by molar-refractivity contribution is -0.129. The van der Waals surface area contributed by atoms with Crippen LogP contribution in [0, 0.1) is 5.92 Å². The zero-order valence-electron chi connectivity index (χ0n) is 13.7. The molecule has 1 aliphatic carbocycles. The summed E-state index contributed by atoms with van der Waals surface area (Å²) >= 11 is 1.36. The lowest BCUT2D eigenvalue weighted by Gasteiger charge is -2.24. The molecule has 1 aromatic rings. The smallest absolute Gasteiger partial charge is 0.339 e. The maximum atomic E-state index is 12.4. The molecule has 0 spiro atoms. The van der Waals surface area contributed by atoms with E-state index in [-0.39, 0.29) is 11.6 Å². The number of nitrogens with one attached hydrogen (secondary N) is 1. The van der Waals surface area contributed by atoms with Crippen LogP contribution in [0.2, 0.25) is 0 Å². The maximum absolute atomic E-state index is 12.4. The van der Waals surface area contributed by atoms with Crippen molar-refractivity contribution in [2.45, 2.75) is 64.2 Å². The highest BCUT2D eigenvalue weighted by molar-refractivity contribution is 7.99. The molecule has 0 aromatic carbocycles. The van der Waals surface area contributed by atoms with Crippen molar-refractivity contribution < 1.29 is 4.79 Å². The predicted octanol–water partition coefficient (Wildman–Crippen LogP) is 2.11. The Morgan fingerprint density at radius 1 is 1.50 bits per heavy atom. The van der Waals surface area contributed by atoms with Gasteiger partial charge >= 0.3 is 5.69 Å². The molecule has 1 fully saturated rings. The SMILES string of the molecule is CCCCn1c(SCC(=O)N(CC(C)C)C2CC2)n[nH]c1=O. The number of nitrogens with zero attached hydrogens (tertiary/aromatic N) is 3. The fourth-order valence-corrected chi connectivity index (χ4v) is 3.23. The van der Waals surface area contributed by atoms with Crippen molar-refractivity contribution in [3.63, 3.8) is 0 Å². The van der Waals surface area contributed by atoms with Crippen LogP contribution in [0.5, 0.6) is 0 Å². The van der Waals surface area contributed by atoms with Crippen LogP contribution >= 0.6 is 11.8 Å². The second-order valence-electron chi connectivity index (χ2n) is 6.28. The van der Waals surface area contributed by atoms with Crippen molar-refractivity contribution in [3.05, 3.63) is 10.5 Å². The van der Waals surface area contributed by atoms with Crippen LogP contribution in [0.3, 0.4) is 0 Å². The molecule has 0 radical (unpaired) electrons. The Kier molecular flexibility index (Phi) is 6.11. The van der Waals surface area contributed by atoms with Gasteiger partial charge in [-0.1, -0.05) is 39.0 Å². The summed E-state index contributed by atoms with van der Waals surface area (Å²) in [7, 11) is 0. The molecule has 2 rings (SSSR count). The average molecular weight is 326 g/mol. The fourth-order valence-electron chi connectivity index (χ4n) is 2.37. The number of thioether (sulfide) groups is 1. The van der Waals surface area contributed by atoms with E-state index in [4.69, 9.17) is 0 Å². The van der Waals surface area contributed by atoms with Gasteiger partial charge in [0.15, 0.2) is 5.16 Å².